The lowest BCUT2D eigenvalue weighted by molar-refractivity contribution is 0.0416. The minimum atomic E-state index is -0.0213. The van der Waals surface area contributed by atoms with Crippen LogP contribution in [0.25, 0.3) is 11.0 Å². The van der Waals surface area contributed by atoms with E-state index >= 15 is 0 Å². The van der Waals surface area contributed by atoms with Crippen LogP contribution in [0.2, 0.25) is 0 Å². The van der Waals surface area contributed by atoms with Gasteiger partial charge in [0.25, 0.3) is 0 Å². The number of hydrogen-bond donors (Lipinski definition) is 1. The topological polar surface area (TPSA) is 63.1 Å². The molecule has 1 aliphatic heterocycles. The number of aryl methyl sites for hydroxylation is 2. The first-order chi connectivity index (χ1) is 15.1. The molecule has 1 aliphatic carbocycles. The second kappa shape index (κ2) is 7.92. The summed E-state index contributed by atoms with van der Waals surface area (Å²) in [4.78, 5) is 22.8. The Labute approximate surface area is 183 Å². The third-order valence-corrected chi connectivity index (χ3v) is 7.38. The SMILES string of the molecule is CCOC[C@]1(CCn2c(=O)[nH]c3ccccc32)CCN(C2(c3ccc(C)nc3)CC2)C1. The van der Waals surface area contributed by atoms with E-state index in [0.717, 1.165) is 55.9 Å². The number of ether oxygens (including phenoxy) is 1. The second-order valence-electron chi connectivity index (χ2n) is 9.38. The van der Waals surface area contributed by atoms with Crippen LogP contribution in [0, 0.1) is 12.3 Å². The number of nitrogens with one attached hydrogen (secondary N) is 1. The molecule has 1 aromatic carbocycles. The van der Waals surface area contributed by atoms with Crippen molar-refractivity contribution in [2.75, 3.05) is 26.3 Å². The van der Waals surface area contributed by atoms with Crippen molar-refractivity contribution in [3.63, 3.8) is 0 Å². The highest BCUT2D eigenvalue weighted by Gasteiger charge is 2.54. The van der Waals surface area contributed by atoms with Gasteiger partial charge in [-0.2, -0.15) is 0 Å². The Hall–Kier alpha value is -2.44. The second-order valence-corrected chi connectivity index (χ2v) is 9.38. The van der Waals surface area contributed by atoms with E-state index in [-0.39, 0.29) is 16.6 Å². The Balaban J connectivity index is 1.36. The van der Waals surface area contributed by atoms with Gasteiger partial charge in [-0.15, -0.1) is 0 Å². The average Bonchev–Trinajstić information content (AvgIpc) is 3.37. The van der Waals surface area contributed by atoms with Crippen LogP contribution in [0.1, 0.15) is 43.9 Å². The number of rotatable bonds is 8. The molecular weight excluding hydrogens is 388 g/mol. The summed E-state index contributed by atoms with van der Waals surface area (Å²) in [6.45, 7) is 8.37. The highest BCUT2D eigenvalue weighted by Crippen LogP contribution is 2.54. The summed E-state index contributed by atoms with van der Waals surface area (Å²) >= 11 is 0. The number of nitrogens with zero attached hydrogens (tertiary/aromatic N) is 3. The van der Waals surface area contributed by atoms with E-state index in [2.05, 4.69) is 40.1 Å². The lowest BCUT2D eigenvalue weighted by Crippen LogP contribution is -2.38. The summed E-state index contributed by atoms with van der Waals surface area (Å²) in [7, 11) is 0. The molecule has 0 unspecified atom stereocenters. The highest BCUT2D eigenvalue weighted by atomic mass is 16.5. The van der Waals surface area contributed by atoms with Crippen molar-refractivity contribution in [3.05, 3.63) is 64.3 Å². The fraction of sp³-hybridized carbons (Fsp3) is 0.520. The fourth-order valence-electron chi connectivity index (χ4n) is 5.34. The first-order valence-corrected chi connectivity index (χ1v) is 11.5. The van der Waals surface area contributed by atoms with E-state index in [0.29, 0.717) is 6.54 Å². The van der Waals surface area contributed by atoms with Gasteiger partial charge in [-0.3, -0.25) is 14.5 Å². The van der Waals surface area contributed by atoms with Gasteiger partial charge in [0.05, 0.1) is 17.6 Å². The molecule has 0 spiro atoms. The maximum atomic E-state index is 12.6. The van der Waals surface area contributed by atoms with E-state index in [1.807, 2.05) is 35.8 Å². The Kier molecular flexibility index (Phi) is 5.22. The molecule has 3 heterocycles. The Bertz CT molecular complexity index is 1110. The van der Waals surface area contributed by atoms with Crippen molar-refractivity contribution in [1.29, 1.82) is 0 Å². The van der Waals surface area contributed by atoms with Crippen LogP contribution in [0.3, 0.4) is 0 Å². The number of H-pyrrole nitrogens is 1. The van der Waals surface area contributed by atoms with Crippen molar-refractivity contribution in [2.45, 2.75) is 51.6 Å². The number of imidazole rings is 1. The highest BCUT2D eigenvalue weighted by molar-refractivity contribution is 5.74. The van der Waals surface area contributed by atoms with Gasteiger partial charge in [-0.05, 0) is 69.8 Å². The lowest BCUT2D eigenvalue weighted by Gasteiger charge is -2.33. The molecule has 1 atom stereocenters. The molecule has 6 nitrogen and oxygen atoms in total. The zero-order valence-corrected chi connectivity index (χ0v) is 18.6. The van der Waals surface area contributed by atoms with Crippen LogP contribution in [0.5, 0.6) is 0 Å². The number of hydrogen-bond acceptors (Lipinski definition) is 4. The van der Waals surface area contributed by atoms with Crippen molar-refractivity contribution in [1.82, 2.24) is 19.4 Å². The molecule has 0 amide bonds. The molecule has 1 saturated heterocycles. The maximum absolute atomic E-state index is 12.6. The summed E-state index contributed by atoms with van der Waals surface area (Å²) in [6, 6.07) is 12.3. The van der Waals surface area contributed by atoms with Gasteiger partial charge in [-0.25, -0.2) is 4.79 Å². The normalized spacial score (nSPS) is 22.9. The van der Waals surface area contributed by atoms with Crippen LogP contribution in [0.4, 0.5) is 0 Å². The minimum absolute atomic E-state index is 0.0213. The summed E-state index contributed by atoms with van der Waals surface area (Å²) < 4.78 is 7.87. The first-order valence-electron chi connectivity index (χ1n) is 11.5. The summed E-state index contributed by atoms with van der Waals surface area (Å²) in [5, 5.41) is 0. The van der Waals surface area contributed by atoms with Crippen molar-refractivity contribution >= 4 is 11.0 Å². The molecule has 6 heteroatoms. The van der Waals surface area contributed by atoms with E-state index in [4.69, 9.17) is 4.74 Å². The monoisotopic (exact) mass is 420 g/mol. The fourth-order valence-corrected chi connectivity index (χ4v) is 5.34. The number of aromatic amines is 1. The van der Waals surface area contributed by atoms with E-state index in [9.17, 15) is 4.79 Å². The zero-order valence-electron chi connectivity index (χ0n) is 18.6. The molecule has 3 aromatic rings. The van der Waals surface area contributed by atoms with Gasteiger partial charge in [0.2, 0.25) is 0 Å². The number of aromatic nitrogens is 3. The summed E-state index contributed by atoms with van der Waals surface area (Å²) in [5.74, 6) is 0. The molecule has 164 valence electrons. The molecule has 2 aliphatic rings. The third-order valence-electron chi connectivity index (χ3n) is 7.38. The number of likely N-dealkylation sites (tertiary alicyclic amines) is 1. The van der Waals surface area contributed by atoms with Crippen molar-refractivity contribution in [3.8, 4) is 0 Å². The van der Waals surface area contributed by atoms with Crippen molar-refractivity contribution < 1.29 is 4.74 Å². The standard InChI is InChI=1S/C25H32N4O2/c1-3-31-18-24(13-15-29-22-7-5-4-6-21(22)27-23(29)30)12-14-28(17-24)25(10-11-25)20-9-8-19(2)26-16-20/h4-9,16H,3,10-15,17-18H2,1-2H3,(H,27,30)/t24-/m0/s1. The molecule has 2 aromatic heterocycles. The molecule has 1 saturated carbocycles. The van der Waals surface area contributed by atoms with E-state index in [1.165, 1.54) is 18.4 Å². The molecule has 1 N–H and O–H groups in total. The lowest BCUT2D eigenvalue weighted by atomic mass is 9.84. The summed E-state index contributed by atoms with van der Waals surface area (Å²) in [6.07, 6.45) is 6.50. The molecule has 0 bridgehead atoms. The van der Waals surface area contributed by atoms with Gasteiger partial charge in [0.15, 0.2) is 0 Å². The smallest absolute Gasteiger partial charge is 0.326 e. The molecular formula is C25H32N4O2. The number of para-hydroxylation sites is 2. The first kappa shape index (κ1) is 20.5. The molecule has 31 heavy (non-hydrogen) atoms. The largest absolute Gasteiger partial charge is 0.381 e. The van der Waals surface area contributed by atoms with Gasteiger partial charge >= 0.3 is 5.69 Å². The van der Waals surface area contributed by atoms with Gasteiger partial charge in [-0.1, -0.05) is 18.2 Å². The Morgan fingerprint density at radius 3 is 2.74 bits per heavy atom. The van der Waals surface area contributed by atoms with Crippen LogP contribution in [-0.2, 0) is 16.8 Å². The quantitative estimate of drug-likeness (QED) is 0.601. The average molecular weight is 421 g/mol. The van der Waals surface area contributed by atoms with Crippen LogP contribution in [-0.4, -0.2) is 45.7 Å². The van der Waals surface area contributed by atoms with E-state index in [1.54, 1.807) is 0 Å². The van der Waals surface area contributed by atoms with Crippen LogP contribution < -0.4 is 5.69 Å². The van der Waals surface area contributed by atoms with Crippen molar-refractivity contribution in [2.24, 2.45) is 5.41 Å². The Morgan fingerprint density at radius 1 is 1.16 bits per heavy atom. The zero-order chi connectivity index (χ0) is 21.5. The van der Waals surface area contributed by atoms with E-state index < -0.39 is 0 Å². The molecule has 0 radical (unpaired) electrons. The predicted octanol–water partition coefficient (Wildman–Crippen LogP) is 3.84. The van der Waals surface area contributed by atoms with Crippen LogP contribution >= 0.6 is 0 Å². The molecule has 5 rings (SSSR count). The number of pyridine rings is 1. The molecule has 2 fully saturated rings. The Morgan fingerprint density at radius 2 is 2.00 bits per heavy atom. The third kappa shape index (κ3) is 3.72. The number of benzene rings is 1. The van der Waals surface area contributed by atoms with Gasteiger partial charge in [0.1, 0.15) is 0 Å². The minimum Gasteiger partial charge on any atom is -0.381 e. The number of fused-ring (bicyclic) bond motifs is 1. The van der Waals surface area contributed by atoms with Gasteiger partial charge in [0, 0.05) is 42.5 Å². The predicted molar refractivity (Wildman–Crippen MR) is 122 cm³/mol. The summed E-state index contributed by atoms with van der Waals surface area (Å²) in [5.41, 5.74) is 4.50. The maximum Gasteiger partial charge on any atom is 0.326 e. The van der Waals surface area contributed by atoms with Crippen LogP contribution in [0.15, 0.2) is 47.4 Å². The van der Waals surface area contributed by atoms with Gasteiger partial charge < -0.3 is 9.72 Å².